The minimum absolute atomic E-state index is 0.318. The van der Waals surface area contributed by atoms with Gasteiger partial charge in [0.25, 0.3) is 0 Å². The van der Waals surface area contributed by atoms with Crippen molar-refractivity contribution in [3.8, 4) is 0 Å². The second kappa shape index (κ2) is 7.06. The van der Waals surface area contributed by atoms with Crippen molar-refractivity contribution in [2.45, 2.75) is 58.2 Å². The molecular weight excluding hydrogens is 312 g/mol. The fraction of sp³-hybridized carbons (Fsp3) is 0.647. The molecule has 1 fully saturated rings. The summed E-state index contributed by atoms with van der Waals surface area (Å²) in [5, 5.41) is 3.74. The maximum atomic E-state index is 3.74. The van der Waals surface area contributed by atoms with Crippen molar-refractivity contribution >= 4 is 15.9 Å². The van der Waals surface area contributed by atoms with Crippen LogP contribution in [0.2, 0.25) is 0 Å². The third kappa shape index (κ3) is 3.44. The van der Waals surface area contributed by atoms with Gasteiger partial charge in [-0.15, -0.1) is 0 Å². The number of nitrogens with one attached hydrogen (secondary N) is 1. The molecule has 1 aliphatic rings. The van der Waals surface area contributed by atoms with Crippen molar-refractivity contribution in [3.63, 3.8) is 0 Å². The van der Waals surface area contributed by atoms with E-state index in [2.05, 4.69) is 71.2 Å². The van der Waals surface area contributed by atoms with E-state index < -0.39 is 0 Å². The summed E-state index contributed by atoms with van der Waals surface area (Å²) in [6, 6.07) is 9.41. The average molecular weight is 339 g/mol. The lowest BCUT2D eigenvalue weighted by Crippen LogP contribution is -2.63. The molecule has 1 atom stereocenters. The number of hydrogen-bond donors (Lipinski definition) is 1. The van der Waals surface area contributed by atoms with E-state index in [-0.39, 0.29) is 0 Å². The van der Waals surface area contributed by atoms with Crippen LogP contribution in [0.15, 0.2) is 28.7 Å². The van der Waals surface area contributed by atoms with Gasteiger partial charge in [-0.25, -0.2) is 0 Å². The van der Waals surface area contributed by atoms with Crippen LogP contribution in [0, 0.1) is 0 Å². The molecule has 1 aromatic carbocycles. The molecule has 3 heteroatoms. The maximum Gasteiger partial charge on any atom is 0.0333 e. The number of benzene rings is 1. The minimum Gasteiger partial charge on any atom is -0.311 e. The summed E-state index contributed by atoms with van der Waals surface area (Å²) in [5.74, 6) is 0. The second-order valence-electron chi connectivity index (χ2n) is 5.92. The minimum atomic E-state index is 0.318. The van der Waals surface area contributed by atoms with Gasteiger partial charge in [0.2, 0.25) is 0 Å². The Balaban J connectivity index is 2.16. The smallest absolute Gasteiger partial charge is 0.0333 e. The van der Waals surface area contributed by atoms with Crippen LogP contribution in [0.1, 0.15) is 45.6 Å². The summed E-state index contributed by atoms with van der Waals surface area (Å²) in [6.07, 6.45) is 3.63. The molecule has 0 spiro atoms. The van der Waals surface area contributed by atoms with Crippen molar-refractivity contribution in [1.29, 1.82) is 0 Å². The lowest BCUT2D eigenvalue weighted by molar-refractivity contribution is 0.0238. The first-order chi connectivity index (χ1) is 9.63. The molecule has 0 aromatic heterocycles. The third-order valence-electron chi connectivity index (χ3n) is 4.93. The Bertz CT molecular complexity index is 412. The molecular formula is C17H27BrN2. The number of nitrogens with zero attached hydrogens (tertiary/aromatic N) is 1. The van der Waals surface area contributed by atoms with Gasteiger partial charge in [-0.3, -0.25) is 4.90 Å². The molecule has 112 valence electrons. The Hall–Kier alpha value is -0.380. The molecule has 20 heavy (non-hydrogen) atoms. The lowest BCUT2D eigenvalue weighted by Gasteiger charge is -2.49. The highest BCUT2D eigenvalue weighted by atomic mass is 79.9. The van der Waals surface area contributed by atoms with Gasteiger partial charge < -0.3 is 5.32 Å². The summed E-state index contributed by atoms with van der Waals surface area (Å²) in [5.41, 5.74) is 1.73. The Morgan fingerprint density at radius 2 is 1.85 bits per heavy atom. The van der Waals surface area contributed by atoms with Crippen LogP contribution in [0.5, 0.6) is 0 Å². The van der Waals surface area contributed by atoms with Crippen molar-refractivity contribution in [2.75, 3.05) is 13.1 Å². The zero-order valence-electron chi connectivity index (χ0n) is 13.0. The van der Waals surface area contributed by atoms with Crippen LogP contribution in [0.3, 0.4) is 0 Å². The van der Waals surface area contributed by atoms with Gasteiger partial charge in [0.05, 0.1) is 0 Å². The predicted octanol–water partition coefficient (Wildman–Crippen LogP) is 4.19. The SMILES string of the molecule is CCC1CN(Cc2ccc(Br)cc2)C(CC)(CC)CN1. The quantitative estimate of drug-likeness (QED) is 0.865. The molecule has 1 unspecified atom stereocenters. The topological polar surface area (TPSA) is 15.3 Å². The molecule has 0 amide bonds. The van der Waals surface area contributed by atoms with Gasteiger partial charge in [-0.1, -0.05) is 48.8 Å². The van der Waals surface area contributed by atoms with E-state index in [4.69, 9.17) is 0 Å². The van der Waals surface area contributed by atoms with E-state index >= 15 is 0 Å². The monoisotopic (exact) mass is 338 g/mol. The van der Waals surface area contributed by atoms with Crippen LogP contribution >= 0.6 is 15.9 Å². The highest BCUT2D eigenvalue weighted by Gasteiger charge is 2.38. The van der Waals surface area contributed by atoms with E-state index in [1.807, 2.05) is 0 Å². The van der Waals surface area contributed by atoms with E-state index in [1.54, 1.807) is 0 Å². The molecule has 0 bridgehead atoms. The Kier molecular flexibility index (Phi) is 5.65. The molecule has 2 rings (SSSR count). The zero-order valence-corrected chi connectivity index (χ0v) is 14.5. The van der Waals surface area contributed by atoms with E-state index in [1.165, 1.54) is 24.8 Å². The van der Waals surface area contributed by atoms with Crippen LogP contribution in [0.25, 0.3) is 0 Å². The first kappa shape index (κ1) is 16.0. The number of halogens is 1. The molecule has 1 saturated heterocycles. The standard InChI is InChI=1S/C17H27BrN2/c1-4-16-12-20(17(5-2,6-3)13-19-16)11-14-7-9-15(18)10-8-14/h7-10,16,19H,4-6,11-13H2,1-3H3. The van der Waals surface area contributed by atoms with Gasteiger partial charge in [-0.2, -0.15) is 0 Å². The number of piperazine rings is 1. The molecule has 2 nitrogen and oxygen atoms in total. The summed E-state index contributed by atoms with van der Waals surface area (Å²) >= 11 is 3.52. The number of rotatable bonds is 5. The molecule has 1 N–H and O–H groups in total. The number of hydrogen-bond acceptors (Lipinski definition) is 2. The highest BCUT2D eigenvalue weighted by molar-refractivity contribution is 9.10. The molecule has 1 aliphatic heterocycles. The van der Waals surface area contributed by atoms with Gasteiger partial charge in [0.1, 0.15) is 0 Å². The van der Waals surface area contributed by atoms with Gasteiger partial charge >= 0.3 is 0 Å². The van der Waals surface area contributed by atoms with Crippen LogP contribution in [-0.2, 0) is 6.54 Å². The summed E-state index contributed by atoms with van der Waals surface area (Å²) in [4.78, 5) is 2.71. The Morgan fingerprint density at radius 1 is 1.20 bits per heavy atom. The van der Waals surface area contributed by atoms with Crippen molar-refractivity contribution in [3.05, 3.63) is 34.3 Å². The predicted molar refractivity (Wildman–Crippen MR) is 89.9 cm³/mol. The molecule has 1 heterocycles. The molecule has 0 aliphatic carbocycles. The largest absolute Gasteiger partial charge is 0.311 e. The lowest BCUT2D eigenvalue weighted by atomic mass is 9.86. The molecule has 0 radical (unpaired) electrons. The van der Waals surface area contributed by atoms with Gasteiger partial charge in [0, 0.05) is 35.7 Å². The first-order valence-corrected chi connectivity index (χ1v) is 8.65. The fourth-order valence-corrected chi connectivity index (χ4v) is 3.50. The van der Waals surface area contributed by atoms with Crippen LogP contribution < -0.4 is 5.32 Å². The highest BCUT2D eigenvalue weighted by Crippen LogP contribution is 2.29. The summed E-state index contributed by atoms with van der Waals surface area (Å²) in [7, 11) is 0. The average Bonchev–Trinajstić information content (AvgIpc) is 2.49. The summed E-state index contributed by atoms with van der Waals surface area (Å²) < 4.78 is 1.16. The first-order valence-electron chi connectivity index (χ1n) is 7.86. The maximum absolute atomic E-state index is 3.74. The van der Waals surface area contributed by atoms with Crippen LogP contribution in [0.4, 0.5) is 0 Å². The van der Waals surface area contributed by atoms with Crippen molar-refractivity contribution in [2.24, 2.45) is 0 Å². The van der Waals surface area contributed by atoms with E-state index in [0.717, 1.165) is 24.1 Å². The van der Waals surface area contributed by atoms with E-state index in [9.17, 15) is 0 Å². The molecule has 1 aromatic rings. The Morgan fingerprint density at radius 3 is 2.40 bits per heavy atom. The third-order valence-corrected chi connectivity index (χ3v) is 5.46. The van der Waals surface area contributed by atoms with Gasteiger partial charge in [-0.05, 0) is 37.0 Å². The normalized spacial score (nSPS) is 22.9. The summed E-state index contributed by atoms with van der Waals surface area (Å²) in [6.45, 7) is 10.3. The molecule has 0 saturated carbocycles. The van der Waals surface area contributed by atoms with Crippen LogP contribution in [-0.4, -0.2) is 29.6 Å². The van der Waals surface area contributed by atoms with Gasteiger partial charge in [0.15, 0.2) is 0 Å². The van der Waals surface area contributed by atoms with E-state index in [0.29, 0.717) is 11.6 Å². The van der Waals surface area contributed by atoms with Crippen molar-refractivity contribution in [1.82, 2.24) is 10.2 Å². The fourth-order valence-electron chi connectivity index (χ4n) is 3.23. The Labute approximate surface area is 132 Å². The zero-order chi connectivity index (χ0) is 14.6. The second-order valence-corrected chi connectivity index (χ2v) is 6.84. The van der Waals surface area contributed by atoms with Crippen molar-refractivity contribution < 1.29 is 0 Å².